The zero-order valence-corrected chi connectivity index (χ0v) is 54.2. The maximum Gasteiger partial charge on any atom is 0.472 e. The molecular formula is C70H131NO8P+. The van der Waals surface area contributed by atoms with Crippen molar-refractivity contribution in [2.75, 3.05) is 47.5 Å². The lowest BCUT2D eigenvalue weighted by atomic mass is 10.0. The lowest BCUT2D eigenvalue weighted by Gasteiger charge is -2.24. The van der Waals surface area contributed by atoms with E-state index in [0.29, 0.717) is 17.4 Å². The van der Waals surface area contributed by atoms with Gasteiger partial charge in [-0.15, -0.1) is 0 Å². The number of unbranched alkanes of at least 4 members (excludes halogenated alkanes) is 39. The zero-order valence-electron chi connectivity index (χ0n) is 53.3. The SMILES string of the molecule is CC/C=C\C/C=C\C/C=C\C/C=C\CCCCCCCCCCCCCCCCCCCCCCCCCCC(=O)OC(COC(=O)CCCCCCCCCCC/C=C\CCCCCCCC)COP(=O)(O)OCC[N+](C)(C)C. The number of likely N-dealkylation sites (N-methyl/N-ethyl adjacent to an activating group) is 1. The summed E-state index contributed by atoms with van der Waals surface area (Å²) in [6, 6.07) is 0. The number of allylic oxidation sites excluding steroid dienone is 10. The first-order valence-electron chi connectivity index (χ1n) is 34.0. The van der Waals surface area contributed by atoms with Gasteiger partial charge in [0.05, 0.1) is 27.7 Å². The van der Waals surface area contributed by atoms with Crippen molar-refractivity contribution in [3.8, 4) is 0 Å². The van der Waals surface area contributed by atoms with Crippen molar-refractivity contribution in [1.82, 2.24) is 0 Å². The molecule has 9 nitrogen and oxygen atoms in total. The van der Waals surface area contributed by atoms with Crippen molar-refractivity contribution in [2.45, 2.75) is 328 Å². The normalized spacial score (nSPS) is 13.5. The summed E-state index contributed by atoms with van der Waals surface area (Å²) in [6.45, 7) is 4.36. The van der Waals surface area contributed by atoms with E-state index < -0.39 is 26.5 Å². The van der Waals surface area contributed by atoms with Gasteiger partial charge in [0.1, 0.15) is 19.8 Å². The van der Waals surface area contributed by atoms with Gasteiger partial charge in [-0.1, -0.05) is 293 Å². The predicted molar refractivity (Wildman–Crippen MR) is 344 cm³/mol. The lowest BCUT2D eigenvalue weighted by molar-refractivity contribution is -0.870. The molecule has 0 aromatic carbocycles. The second-order valence-electron chi connectivity index (χ2n) is 24.2. The molecule has 2 atom stereocenters. The van der Waals surface area contributed by atoms with E-state index in [1.165, 1.54) is 231 Å². The molecule has 0 rings (SSSR count). The smallest absolute Gasteiger partial charge is 0.462 e. The molecule has 0 bridgehead atoms. The molecule has 10 heteroatoms. The molecule has 0 aliphatic carbocycles. The minimum absolute atomic E-state index is 0.0329. The maximum atomic E-state index is 12.9. The van der Waals surface area contributed by atoms with Gasteiger partial charge in [0.25, 0.3) is 0 Å². The Labute approximate surface area is 496 Å². The van der Waals surface area contributed by atoms with Crippen LogP contribution in [-0.2, 0) is 32.7 Å². The molecule has 0 aliphatic heterocycles. The van der Waals surface area contributed by atoms with E-state index in [-0.39, 0.29) is 32.0 Å². The van der Waals surface area contributed by atoms with Crippen molar-refractivity contribution in [1.29, 1.82) is 0 Å². The fraction of sp³-hybridized carbons (Fsp3) is 0.829. The molecule has 0 saturated heterocycles. The molecule has 0 aromatic heterocycles. The van der Waals surface area contributed by atoms with Gasteiger partial charge in [0.2, 0.25) is 0 Å². The first-order valence-corrected chi connectivity index (χ1v) is 35.5. The Morgan fingerprint density at radius 3 is 1.07 bits per heavy atom. The number of rotatable bonds is 63. The third kappa shape index (κ3) is 64.9. The fourth-order valence-corrected chi connectivity index (χ4v) is 10.6. The molecule has 2 unspecified atom stereocenters. The highest BCUT2D eigenvalue weighted by molar-refractivity contribution is 7.47. The van der Waals surface area contributed by atoms with Gasteiger partial charge < -0.3 is 18.9 Å². The van der Waals surface area contributed by atoms with Crippen LogP contribution in [-0.4, -0.2) is 74.9 Å². The minimum Gasteiger partial charge on any atom is -0.462 e. The summed E-state index contributed by atoms with van der Waals surface area (Å²) in [5.74, 6) is -0.784. The number of hydrogen-bond acceptors (Lipinski definition) is 7. The highest BCUT2D eigenvalue weighted by atomic mass is 31.2. The van der Waals surface area contributed by atoms with E-state index in [1.54, 1.807) is 0 Å². The average molecular weight is 1150 g/mol. The third-order valence-electron chi connectivity index (χ3n) is 15.0. The third-order valence-corrected chi connectivity index (χ3v) is 16.0. The average Bonchev–Trinajstić information content (AvgIpc) is 3.42. The Hall–Kier alpha value is -2.29. The van der Waals surface area contributed by atoms with E-state index >= 15 is 0 Å². The van der Waals surface area contributed by atoms with Gasteiger partial charge >= 0.3 is 19.8 Å². The molecule has 0 radical (unpaired) electrons. The number of phosphoric acid groups is 1. The zero-order chi connectivity index (χ0) is 58.4. The molecule has 1 N–H and O–H groups in total. The topological polar surface area (TPSA) is 108 Å². The number of nitrogens with zero attached hydrogens (tertiary/aromatic N) is 1. The van der Waals surface area contributed by atoms with Gasteiger partial charge in [0.15, 0.2) is 6.10 Å². The number of carbonyl (C=O) groups is 2. The van der Waals surface area contributed by atoms with Crippen LogP contribution in [0.4, 0.5) is 0 Å². The van der Waals surface area contributed by atoms with Crippen LogP contribution in [0.5, 0.6) is 0 Å². The highest BCUT2D eigenvalue weighted by Crippen LogP contribution is 2.43. The van der Waals surface area contributed by atoms with Gasteiger partial charge in [-0.05, 0) is 77.0 Å². The van der Waals surface area contributed by atoms with Crippen molar-refractivity contribution in [3.63, 3.8) is 0 Å². The Kier molecular flexibility index (Phi) is 59.5. The summed E-state index contributed by atoms with van der Waals surface area (Å²) in [6.07, 6.45) is 80.4. The van der Waals surface area contributed by atoms with Crippen LogP contribution in [0.3, 0.4) is 0 Å². The quantitative estimate of drug-likeness (QED) is 0.0211. The number of carbonyl (C=O) groups excluding carboxylic acids is 2. The van der Waals surface area contributed by atoms with Crippen molar-refractivity contribution in [3.05, 3.63) is 60.8 Å². The molecule has 80 heavy (non-hydrogen) atoms. The minimum atomic E-state index is -4.39. The van der Waals surface area contributed by atoms with E-state index in [0.717, 1.165) is 57.8 Å². The second kappa shape index (κ2) is 61.3. The second-order valence-corrected chi connectivity index (χ2v) is 25.6. The van der Waals surface area contributed by atoms with Crippen LogP contribution in [0, 0.1) is 0 Å². The highest BCUT2D eigenvalue weighted by Gasteiger charge is 2.27. The van der Waals surface area contributed by atoms with Crippen LogP contribution in [0.25, 0.3) is 0 Å². The number of ether oxygens (including phenoxy) is 2. The molecule has 468 valence electrons. The molecule has 0 aliphatic rings. The van der Waals surface area contributed by atoms with Gasteiger partial charge in [0, 0.05) is 12.8 Å². The van der Waals surface area contributed by atoms with E-state index in [2.05, 4.69) is 74.6 Å². The molecule has 0 spiro atoms. The summed E-state index contributed by atoms with van der Waals surface area (Å²) >= 11 is 0. The summed E-state index contributed by atoms with van der Waals surface area (Å²) < 4.78 is 34.7. The number of esters is 2. The van der Waals surface area contributed by atoms with Crippen LogP contribution >= 0.6 is 7.82 Å². The molecule has 0 amide bonds. The van der Waals surface area contributed by atoms with Crippen LogP contribution < -0.4 is 0 Å². The summed E-state index contributed by atoms with van der Waals surface area (Å²) in [5.41, 5.74) is 0. The Bertz CT molecular complexity index is 1530. The fourth-order valence-electron chi connectivity index (χ4n) is 9.83. The monoisotopic (exact) mass is 1140 g/mol. The summed E-state index contributed by atoms with van der Waals surface area (Å²) in [7, 11) is 1.49. The Morgan fingerprint density at radius 1 is 0.400 bits per heavy atom. The van der Waals surface area contributed by atoms with E-state index in [4.69, 9.17) is 18.5 Å². The molecular weight excluding hydrogens is 1010 g/mol. The number of phosphoric ester groups is 1. The van der Waals surface area contributed by atoms with Crippen molar-refractivity contribution < 1.29 is 42.1 Å². The standard InChI is InChI=1S/C70H130NO8P/c1-6-8-10-12-14-16-18-20-22-24-26-27-28-29-30-31-32-33-34-35-36-37-38-39-40-41-42-43-45-47-49-51-53-55-57-59-61-63-70(73)79-68(67-78-80(74,75)77-65-64-71(3,4)5)66-76-69(72)62-60-58-56-54-52-50-48-46-44-25-23-21-19-17-15-13-11-9-7-2/h8,10,14,16,20-23,26-27,68H,6-7,9,11-13,15,17-19,24-25,28-67H2,1-5H3/p+1/b10-8-,16-14-,22-20-,23-21-,27-26-. The van der Waals surface area contributed by atoms with Gasteiger partial charge in [-0.3, -0.25) is 18.6 Å². The summed E-state index contributed by atoms with van der Waals surface area (Å²) in [5, 5.41) is 0. The molecule has 0 fully saturated rings. The molecule has 0 aromatic rings. The first-order chi connectivity index (χ1) is 39.0. The largest absolute Gasteiger partial charge is 0.472 e. The number of hydrogen-bond donors (Lipinski definition) is 1. The van der Waals surface area contributed by atoms with E-state index in [9.17, 15) is 19.0 Å². The lowest BCUT2D eigenvalue weighted by Crippen LogP contribution is -2.37. The molecule has 0 saturated carbocycles. The predicted octanol–water partition coefficient (Wildman–Crippen LogP) is 21.8. The van der Waals surface area contributed by atoms with E-state index in [1.807, 2.05) is 21.1 Å². The summed E-state index contributed by atoms with van der Waals surface area (Å²) in [4.78, 5) is 35.8. The Morgan fingerprint density at radius 2 is 0.713 bits per heavy atom. The maximum absolute atomic E-state index is 12.9. The van der Waals surface area contributed by atoms with Crippen LogP contribution in [0.15, 0.2) is 60.8 Å². The van der Waals surface area contributed by atoms with Crippen LogP contribution in [0.1, 0.15) is 322 Å². The van der Waals surface area contributed by atoms with Crippen LogP contribution in [0.2, 0.25) is 0 Å². The Balaban J connectivity index is 3.95. The van der Waals surface area contributed by atoms with Gasteiger partial charge in [-0.25, -0.2) is 4.57 Å². The number of quaternary nitrogens is 1. The van der Waals surface area contributed by atoms with Crippen molar-refractivity contribution >= 4 is 19.8 Å². The first kappa shape index (κ1) is 77.7. The molecule has 0 heterocycles. The van der Waals surface area contributed by atoms with Gasteiger partial charge in [-0.2, -0.15) is 0 Å². The van der Waals surface area contributed by atoms with Crippen molar-refractivity contribution in [2.24, 2.45) is 0 Å².